The summed E-state index contributed by atoms with van der Waals surface area (Å²) in [6, 6.07) is 19.5. The van der Waals surface area contributed by atoms with Crippen molar-refractivity contribution >= 4 is 23.8 Å². The maximum atomic E-state index is 12.0. The van der Waals surface area contributed by atoms with Crippen LogP contribution >= 0.6 is 0 Å². The molecule has 0 aliphatic carbocycles. The number of anilines is 1. The van der Waals surface area contributed by atoms with E-state index < -0.39 is 5.97 Å². The highest BCUT2D eigenvalue weighted by atomic mass is 16.5. The van der Waals surface area contributed by atoms with E-state index >= 15 is 0 Å². The number of ether oxygens (including phenoxy) is 3. The minimum atomic E-state index is -0.634. The summed E-state index contributed by atoms with van der Waals surface area (Å²) in [6.45, 7) is 2.57. The summed E-state index contributed by atoms with van der Waals surface area (Å²) in [4.78, 5) is 30.2. The Morgan fingerprint density at radius 3 is 1.80 bits per heavy atom. The lowest BCUT2D eigenvalue weighted by Crippen LogP contribution is -2.25. The van der Waals surface area contributed by atoms with Crippen molar-refractivity contribution < 1.29 is 23.8 Å². The van der Waals surface area contributed by atoms with Crippen LogP contribution in [-0.4, -0.2) is 38.2 Å². The van der Waals surface area contributed by atoms with Gasteiger partial charge in [-0.05, 0) is 59.2 Å². The fraction of sp³-hybridized carbons (Fsp3) is 0.222. The third-order valence-electron chi connectivity index (χ3n) is 5.19. The van der Waals surface area contributed by atoms with Crippen LogP contribution in [0.25, 0.3) is 6.08 Å². The van der Waals surface area contributed by atoms with Gasteiger partial charge >= 0.3 is 5.97 Å². The van der Waals surface area contributed by atoms with E-state index in [0.29, 0.717) is 18.7 Å². The van der Waals surface area contributed by atoms with Crippen molar-refractivity contribution in [2.24, 2.45) is 0 Å². The van der Waals surface area contributed by atoms with Gasteiger partial charge in [0.25, 0.3) is 0 Å². The first-order valence-electron chi connectivity index (χ1n) is 11.0. The number of benzene rings is 2. The van der Waals surface area contributed by atoms with Crippen LogP contribution < -0.4 is 19.7 Å². The Bertz CT molecular complexity index is 1110. The molecular weight excluding hydrogens is 446 g/mol. The molecule has 0 saturated carbocycles. The number of esters is 1. The van der Waals surface area contributed by atoms with Crippen molar-refractivity contribution in [3.63, 3.8) is 0 Å². The first-order valence-corrected chi connectivity index (χ1v) is 11.0. The maximum absolute atomic E-state index is 12.0. The van der Waals surface area contributed by atoms with E-state index in [0.717, 1.165) is 28.4 Å². The summed E-state index contributed by atoms with van der Waals surface area (Å²) >= 11 is 0. The van der Waals surface area contributed by atoms with Crippen molar-refractivity contribution in [3.8, 4) is 11.5 Å². The first kappa shape index (κ1) is 25.3. The lowest BCUT2D eigenvalue weighted by Gasteiger charge is -2.24. The van der Waals surface area contributed by atoms with Crippen LogP contribution in [0.5, 0.6) is 11.5 Å². The number of hydrogen-bond acceptors (Lipinski definition) is 7. The SMILES string of the molecule is COC(=O)/C(=C\c1ccc(N(Cc2ccc(OC)cc2)Cc2ccc(OC)cc2)nc1)NC(C)=O. The van der Waals surface area contributed by atoms with Gasteiger partial charge in [0.2, 0.25) is 5.91 Å². The molecule has 1 amide bonds. The molecule has 0 unspecified atom stereocenters. The smallest absolute Gasteiger partial charge is 0.354 e. The first-order chi connectivity index (χ1) is 16.9. The summed E-state index contributed by atoms with van der Waals surface area (Å²) < 4.78 is 15.3. The van der Waals surface area contributed by atoms with Gasteiger partial charge in [0.1, 0.15) is 23.0 Å². The molecule has 0 saturated heterocycles. The Morgan fingerprint density at radius 2 is 1.40 bits per heavy atom. The molecule has 1 heterocycles. The second-order valence-corrected chi connectivity index (χ2v) is 7.73. The molecule has 0 radical (unpaired) electrons. The summed E-state index contributed by atoms with van der Waals surface area (Å²) in [6.07, 6.45) is 3.18. The van der Waals surface area contributed by atoms with Crippen molar-refractivity contribution in [2.75, 3.05) is 26.2 Å². The van der Waals surface area contributed by atoms with E-state index in [9.17, 15) is 9.59 Å². The molecule has 0 spiro atoms. The summed E-state index contributed by atoms with van der Waals surface area (Å²) in [5.41, 5.74) is 2.90. The Hall–Kier alpha value is -4.33. The van der Waals surface area contributed by atoms with E-state index in [2.05, 4.69) is 15.2 Å². The molecule has 0 atom stereocenters. The van der Waals surface area contributed by atoms with Crippen molar-refractivity contribution in [1.29, 1.82) is 0 Å². The number of nitrogens with zero attached hydrogens (tertiary/aromatic N) is 2. The van der Waals surface area contributed by atoms with E-state index in [1.54, 1.807) is 20.4 Å². The molecule has 35 heavy (non-hydrogen) atoms. The zero-order valence-electron chi connectivity index (χ0n) is 20.3. The minimum absolute atomic E-state index is 0.0443. The molecule has 0 aliphatic rings. The highest BCUT2D eigenvalue weighted by Crippen LogP contribution is 2.22. The summed E-state index contributed by atoms with van der Waals surface area (Å²) in [5, 5.41) is 2.49. The van der Waals surface area contributed by atoms with Crippen LogP contribution in [0.3, 0.4) is 0 Å². The topological polar surface area (TPSA) is 90.0 Å². The van der Waals surface area contributed by atoms with Gasteiger partial charge in [0.05, 0.1) is 21.3 Å². The van der Waals surface area contributed by atoms with Crippen LogP contribution in [0.15, 0.2) is 72.6 Å². The molecule has 0 bridgehead atoms. The quantitative estimate of drug-likeness (QED) is 0.351. The number of carbonyl (C=O) groups excluding carboxylic acids is 2. The van der Waals surface area contributed by atoms with Gasteiger partial charge in [-0.25, -0.2) is 9.78 Å². The Morgan fingerprint density at radius 1 is 0.857 bits per heavy atom. The van der Waals surface area contributed by atoms with E-state index in [4.69, 9.17) is 14.2 Å². The van der Waals surface area contributed by atoms with Crippen LogP contribution in [0.4, 0.5) is 5.82 Å². The van der Waals surface area contributed by atoms with Gasteiger partial charge in [-0.2, -0.15) is 0 Å². The zero-order valence-corrected chi connectivity index (χ0v) is 20.3. The monoisotopic (exact) mass is 475 g/mol. The average molecular weight is 476 g/mol. The van der Waals surface area contributed by atoms with E-state index in [1.807, 2.05) is 60.7 Å². The molecular formula is C27H29N3O5. The summed E-state index contributed by atoms with van der Waals surface area (Å²) in [7, 11) is 4.54. The number of hydrogen-bond donors (Lipinski definition) is 1. The van der Waals surface area contributed by atoms with Gasteiger partial charge in [0.15, 0.2) is 0 Å². The summed E-state index contributed by atoms with van der Waals surface area (Å²) in [5.74, 6) is 1.35. The van der Waals surface area contributed by atoms with Gasteiger partial charge in [-0.3, -0.25) is 4.79 Å². The number of aromatic nitrogens is 1. The van der Waals surface area contributed by atoms with Crippen molar-refractivity contribution in [1.82, 2.24) is 10.3 Å². The molecule has 182 valence electrons. The Balaban J connectivity index is 1.88. The molecule has 2 aromatic carbocycles. The number of amides is 1. The van der Waals surface area contributed by atoms with Crippen molar-refractivity contribution in [3.05, 3.63) is 89.2 Å². The second-order valence-electron chi connectivity index (χ2n) is 7.73. The van der Waals surface area contributed by atoms with Gasteiger partial charge in [0, 0.05) is 26.2 Å². The van der Waals surface area contributed by atoms with Crippen LogP contribution in [0.1, 0.15) is 23.6 Å². The van der Waals surface area contributed by atoms with Crippen molar-refractivity contribution in [2.45, 2.75) is 20.0 Å². The third kappa shape index (κ3) is 7.33. The second kappa shape index (κ2) is 12.2. The fourth-order valence-electron chi connectivity index (χ4n) is 3.40. The maximum Gasteiger partial charge on any atom is 0.354 e. The zero-order chi connectivity index (χ0) is 25.2. The highest BCUT2D eigenvalue weighted by Gasteiger charge is 2.13. The Kier molecular flexibility index (Phi) is 8.83. The molecule has 1 N–H and O–H groups in total. The number of methoxy groups -OCH3 is 3. The van der Waals surface area contributed by atoms with Crippen LogP contribution in [0.2, 0.25) is 0 Å². The van der Waals surface area contributed by atoms with E-state index in [1.165, 1.54) is 20.1 Å². The van der Waals surface area contributed by atoms with E-state index in [-0.39, 0.29) is 11.6 Å². The van der Waals surface area contributed by atoms with Crippen LogP contribution in [-0.2, 0) is 27.4 Å². The largest absolute Gasteiger partial charge is 0.497 e. The predicted octanol–water partition coefficient (Wildman–Crippen LogP) is 3.96. The lowest BCUT2D eigenvalue weighted by atomic mass is 10.1. The third-order valence-corrected chi connectivity index (χ3v) is 5.19. The molecule has 3 aromatic rings. The molecule has 0 fully saturated rings. The fourth-order valence-corrected chi connectivity index (χ4v) is 3.40. The predicted molar refractivity (Wildman–Crippen MR) is 134 cm³/mol. The van der Waals surface area contributed by atoms with Gasteiger partial charge in [-0.1, -0.05) is 24.3 Å². The number of nitrogens with one attached hydrogen (secondary N) is 1. The normalized spacial score (nSPS) is 10.9. The molecule has 1 aromatic heterocycles. The minimum Gasteiger partial charge on any atom is -0.497 e. The molecule has 3 rings (SSSR count). The molecule has 8 nitrogen and oxygen atoms in total. The highest BCUT2D eigenvalue weighted by molar-refractivity contribution is 5.97. The van der Waals surface area contributed by atoms with Gasteiger partial charge < -0.3 is 24.4 Å². The average Bonchev–Trinajstić information content (AvgIpc) is 2.88. The van der Waals surface area contributed by atoms with Crippen LogP contribution in [0, 0.1) is 0 Å². The number of rotatable bonds is 10. The Labute approximate surface area is 205 Å². The standard InChI is InChI=1S/C27H29N3O5/c1-19(31)29-25(27(32)35-4)15-22-9-14-26(28-16-22)30(17-20-5-10-23(33-2)11-6-20)18-21-7-12-24(34-3)13-8-21/h5-16H,17-18H2,1-4H3,(H,29,31)/b25-15+. The molecule has 0 aliphatic heterocycles. The van der Waals surface area contributed by atoms with Gasteiger partial charge in [-0.15, -0.1) is 0 Å². The number of carbonyl (C=O) groups is 2. The lowest BCUT2D eigenvalue weighted by molar-refractivity contribution is -0.137. The number of pyridine rings is 1. The molecule has 8 heteroatoms.